The Kier molecular flexibility index (Phi) is 3.39. The summed E-state index contributed by atoms with van der Waals surface area (Å²) < 4.78 is 5.63. The van der Waals surface area contributed by atoms with Crippen LogP contribution in [0, 0.1) is 5.92 Å². The summed E-state index contributed by atoms with van der Waals surface area (Å²) in [6.07, 6.45) is 1.75. The molecule has 0 amide bonds. The van der Waals surface area contributed by atoms with Gasteiger partial charge in [-0.3, -0.25) is 4.79 Å². The molecule has 0 saturated heterocycles. The Labute approximate surface area is 94.2 Å². The SMILES string of the molecule is O=C(Cl)[C@H]1C[C@@H](OCc2ccccc2)C1. The number of carbonyl (C=O) groups is 1. The van der Waals surface area contributed by atoms with Gasteiger partial charge in [0.2, 0.25) is 5.24 Å². The highest BCUT2D eigenvalue weighted by atomic mass is 35.5. The monoisotopic (exact) mass is 224 g/mol. The highest BCUT2D eigenvalue weighted by Crippen LogP contribution is 2.32. The van der Waals surface area contributed by atoms with Crippen LogP contribution in [0.5, 0.6) is 0 Å². The van der Waals surface area contributed by atoms with E-state index in [4.69, 9.17) is 16.3 Å². The van der Waals surface area contributed by atoms with Gasteiger partial charge in [0, 0.05) is 5.92 Å². The Morgan fingerprint density at radius 1 is 1.33 bits per heavy atom. The molecule has 1 aliphatic rings. The molecule has 2 nitrogen and oxygen atoms in total. The zero-order chi connectivity index (χ0) is 10.7. The highest BCUT2D eigenvalue weighted by Gasteiger charge is 2.34. The lowest BCUT2D eigenvalue weighted by Crippen LogP contribution is -2.34. The van der Waals surface area contributed by atoms with Crippen molar-refractivity contribution in [1.82, 2.24) is 0 Å². The fourth-order valence-corrected chi connectivity index (χ4v) is 1.85. The molecule has 3 heteroatoms. The van der Waals surface area contributed by atoms with Crippen LogP contribution in [0.4, 0.5) is 0 Å². The molecule has 1 saturated carbocycles. The molecule has 0 radical (unpaired) electrons. The maximum atomic E-state index is 10.8. The molecule has 80 valence electrons. The molecule has 0 spiro atoms. The second-order valence-corrected chi connectivity index (χ2v) is 4.26. The van der Waals surface area contributed by atoms with E-state index in [1.807, 2.05) is 30.3 Å². The van der Waals surface area contributed by atoms with E-state index in [0.717, 1.165) is 18.4 Å². The number of hydrogen-bond donors (Lipinski definition) is 0. The van der Waals surface area contributed by atoms with Crippen LogP contribution >= 0.6 is 11.6 Å². The predicted molar refractivity (Wildman–Crippen MR) is 58.6 cm³/mol. The summed E-state index contributed by atoms with van der Waals surface area (Å²) in [5.41, 5.74) is 1.16. The van der Waals surface area contributed by atoms with Crippen molar-refractivity contribution < 1.29 is 9.53 Å². The van der Waals surface area contributed by atoms with E-state index in [2.05, 4.69) is 0 Å². The number of halogens is 1. The van der Waals surface area contributed by atoms with Crippen molar-refractivity contribution in [2.24, 2.45) is 5.92 Å². The molecule has 1 aliphatic carbocycles. The lowest BCUT2D eigenvalue weighted by molar-refractivity contribution is -0.124. The van der Waals surface area contributed by atoms with E-state index >= 15 is 0 Å². The van der Waals surface area contributed by atoms with Gasteiger partial charge < -0.3 is 4.74 Å². The third-order valence-electron chi connectivity index (χ3n) is 2.74. The average molecular weight is 225 g/mol. The summed E-state index contributed by atoms with van der Waals surface area (Å²) in [5.74, 6) is 0.0208. The van der Waals surface area contributed by atoms with E-state index in [1.165, 1.54) is 0 Å². The molecule has 0 bridgehead atoms. The maximum absolute atomic E-state index is 10.8. The van der Waals surface area contributed by atoms with E-state index in [1.54, 1.807) is 0 Å². The fourth-order valence-electron chi connectivity index (χ4n) is 1.68. The average Bonchev–Trinajstić information content (AvgIpc) is 2.16. The molecular weight excluding hydrogens is 212 g/mol. The van der Waals surface area contributed by atoms with Gasteiger partial charge in [0.15, 0.2) is 0 Å². The molecule has 0 N–H and O–H groups in total. The van der Waals surface area contributed by atoms with Crippen LogP contribution in [0.3, 0.4) is 0 Å². The Bertz CT molecular complexity index is 331. The fraction of sp³-hybridized carbons (Fsp3) is 0.417. The first kappa shape index (κ1) is 10.7. The second-order valence-electron chi connectivity index (χ2n) is 3.89. The molecule has 0 aromatic heterocycles. The van der Waals surface area contributed by atoms with Gasteiger partial charge in [-0.05, 0) is 30.0 Å². The quantitative estimate of drug-likeness (QED) is 0.736. The maximum Gasteiger partial charge on any atom is 0.224 e. The topological polar surface area (TPSA) is 26.3 Å². The molecule has 2 rings (SSSR count). The summed E-state index contributed by atoms with van der Waals surface area (Å²) in [6.45, 7) is 0.620. The number of carbonyl (C=O) groups excluding carboxylic acids is 1. The number of ether oxygens (including phenoxy) is 1. The van der Waals surface area contributed by atoms with Crippen LogP contribution in [-0.2, 0) is 16.1 Å². The number of hydrogen-bond acceptors (Lipinski definition) is 2. The van der Waals surface area contributed by atoms with Gasteiger partial charge in [-0.15, -0.1) is 0 Å². The predicted octanol–water partition coefficient (Wildman–Crippen LogP) is 2.75. The molecule has 0 aliphatic heterocycles. The molecule has 1 aromatic carbocycles. The molecule has 1 fully saturated rings. The normalized spacial score (nSPS) is 24.6. The molecule has 0 atom stereocenters. The van der Waals surface area contributed by atoms with Crippen LogP contribution in [0.1, 0.15) is 18.4 Å². The van der Waals surface area contributed by atoms with E-state index < -0.39 is 0 Å². The standard InChI is InChI=1S/C12H13ClO2/c13-12(14)10-6-11(7-10)15-8-9-4-2-1-3-5-9/h1-5,10-11H,6-8H2/t10-,11+. The molecular formula is C12H13ClO2. The molecule has 15 heavy (non-hydrogen) atoms. The zero-order valence-corrected chi connectivity index (χ0v) is 9.11. The van der Waals surface area contributed by atoms with Crippen molar-refractivity contribution >= 4 is 16.8 Å². The van der Waals surface area contributed by atoms with Crippen molar-refractivity contribution in [3.05, 3.63) is 35.9 Å². The van der Waals surface area contributed by atoms with Crippen molar-refractivity contribution in [2.75, 3.05) is 0 Å². The minimum atomic E-state index is -0.227. The van der Waals surface area contributed by atoms with E-state index in [0.29, 0.717) is 6.61 Å². The molecule has 0 heterocycles. The molecule has 1 aromatic rings. The number of benzene rings is 1. The van der Waals surface area contributed by atoms with Crippen LogP contribution in [0.2, 0.25) is 0 Å². The Hall–Kier alpha value is -0.860. The van der Waals surface area contributed by atoms with Gasteiger partial charge in [0.25, 0.3) is 0 Å². The van der Waals surface area contributed by atoms with Crippen LogP contribution in [0.15, 0.2) is 30.3 Å². The smallest absolute Gasteiger partial charge is 0.224 e. The van der Waals surface area contributed by atoms with Gasteiger partial charge in [-0.2, -0.15) is 0 Å². The third kappa shape index (κ3) is 2.80. The van der Waals surface area contributed by atoms with Gasteiger partial charge in [-0.25, -0.2) is 0 Å². The summed E-state index contributed by atoms with van der Waals surface area (Å²) in [5, 5.41) is -0.227. The Morgan fingerprint density at radius 2 is 2.00 bits per heavy atom. The first-order valence-electron chi connectivity index (χ1n) is 5.10. The minimum absolute atomic E-state index is 0.0208. The van der Waals surface area contributed by atoms with Crippen molar-refractivity contribution in [3.8, 4) is 0 Å². The van der Waals surface area contributed by atoms with Crippen molar-refractivity contribution in [2.45, 2.75) is 25.6 Å². The highest BCUT2D eigenvalue weighted by molar-refractivity contribution is 6.64. The zero-order valence-electron chi connectivity index (χ0n) is 8.36. The van der Waals surface area contributed by atoms with Gasteiger partial charge in [-0.1, -0.05) is 30.3 Å². The third-order valence-corrected chi connectivity index (χ3v) is 3.05. The summed E-state index contributed by atoms with van der Waals surface area (Å²) in [4.78, 5) is 10.8. The van der Waals surface area contributed by atoms with Gasteiger partial charge in [0.1, 0.15) is 0 Å². The second kappa shape index (κ2) is 4.77. The molecule has 0 unspecified atom stereocenters. The van der Waals surface area contributed by atoms with Crippen molar-refractivity contribution in [3.63, 3.8) is 0 Å². The first-order chi connectivity index (χ1) is 7.25. The van der Waals surface area contributed by atoms with Gasteiger partial charge >= 0.3 is 0 Å². The Balaban J connectivity index is 1.71. The minimum Gasteiger partial charge on any atom is -0.373 e. The summed E-state index contributed by atoms with van der Waals surface area (Å²) >= 11 is 5.37. The Morgan fingerprint density at radius 3 is 2.60 bits per heavy atom. The number of rotatable bonds is 4. The first-order valence-corrected chi connectivity index (χ1v) is 5.48. The largest absolute Gasteiger partial charge is 0.373 e. The van der Waals surface area contributed by atoms with Crippen LogP contribution < -0.4 is 0 Å². The lowest BCUT2D eigenvalue weighted by Gasteiger charge is -2.32. The van der Waals surface area contributed by atoms with E-state index in [9.17, 15) is 4.79 Å². The van der Waals surface area contributed by atoms with Crippen molar-refractivity contribution in [1.29, 1.82) is 0 Å². The van der Waals surface area contributed by atoms with Crippen LogP contribution in [-0.4, -0.2) is 11.3 Å². The van der Waals surface area contributed by atoms with Gasteiger partial charge in [0.05, 0.1) is 12.7 Å². The summed E-state index contributed by atoms with van der Waals surface area (Å²) in [6, 6.07) is 10.0. The van der Waals surface area contributed by atoms with Crippen LogP contribution in [0.25, 0.3) is 0 Å². The summed E-state index contributed by atoms with van der Waals surface area (Å²) in [7, 11) is 0. The lowest BCUT2D eigenvalue weighted by atomic mass is 9.83. The van der Waals surface area contributed by atoms with E-state index in [-0.39, 0.29) is 17.3 Å².